The monoisotopic (exact) mass is 374 g/mol. The van der Waals surface area contributed by atoms with Gasteiger partial charge in [0.15, 0.2) is 6.23 Å². The average molecular weight is 374 g/mol. The second kappa shape index (κ2) is 7.94. The van der Waals surface area contributed by atoms with Crippen molar-refractivity contribution in [3.63, 3.8) is 0 Å². The van der Waals surface area contributed by atoms with Crippen LogP contribution in [0.1, 0.15) is 31.2 Å². The lowest BCUT2D eigenvalue weighted by Gasteiger charge is -2.36. The molecule has 146 valence electrons. The maximum absolute atomic E-state index is 9.84. The van der Waals surface area contributed by atoms with Crippen LogP contribution in [0.3, 0.4) is 0 Å². The smallest absolute Gasteiger partial charge is 0.200 e. The number of fused-ring (bicyclic) bond motifs is 1. The predicted molar refractivity (Wildman–Crippen MR) is 99.0 cm³/mol. The molecule has 0 radical (unpaired) electrons. The second-order valence-electron chi connectivity index (χ2n) is 6.61. The molecule has 0 saturated carbocycles. The summed E-state index contributed by atoms with van der Waals surface area (Å²) in [7, 11) is 4.75. The van der Waals surface area contributed by atoms with Crippen LogP contribution >= 0.6 is 0 Å². The number of nitrogens with zero attached hydrogens (tertiary/aromatic N) is 1. The van der Waals surface area contributed by atoms with E-state index in [9.17, 15) is 5.26 Å². The van der Waals surface area contributed by atoms with Crippen LogP contribution in [-0.2, 0) is 4.74 Å². The normalized spacial score (nSPS) is 26.8. The van der Waals surface area contributed by atoms with Crippen LogP contribution in [0.15, 0.2) is 23.6 Å². The molecule has 1 saturated heterocycles. The summed E-state index contributed by atoms with van der Waals surface area (Å²) in [4.78, 5) is 0. The van der Waals surface area contributed by atoms with Gasteiger partial charge in [-0.3, -0.25) is 5.43 Å². The molecule has 0 aromatic heterocycles. The lowest BCUT2D eigenvalue weighted by atomic mass is 9.74. The van der Waals surface area contributed by atoms with Gasteiger partial charge >= 0.3 is 0 Å². The molecule has 0 aliphatic carbocycles. The first kappa shape index (κ1) is 19.1. The minimum Gasteiger partial charge on any atom is -0.496 e. The standard InChI is InChI=1S/C19H26N4O4/c1-5-6-12-16-15(11(9-20)18(21)27-19(16)23-22-12)17-13(25-3)7-10(24-2)8-14(17)26-4/h7-8,12,15-16,19,22-23H,5-6,21H2,1-4H3. The zero-order chi connectivity index (χ0) is 19.6. The molecule has 2 heterocycles. The summed E-state index contributed by atoms with van der Waals surface area (Å²) in [6.45, 7) is 2.12. The summed E-state index contributed by atoms with van der Waals surface area (Å²) in [5.41, 5.74) is 13.7. The van der Waals surface area contributed by atoms with Crippen molar-refractivity contribution < 1.29 is 18.9 Å². The van der Waals surface area contributed by atoms with E-state index in [0.29, 0.717) is 22.8 Å². The molecule has 2 aliphatic heterocycles. The molecule has 1 fully saturated rings. The van der Waals surface area contributed by atoms with Crippen LogP contribution in [0.4, 0.5) is 0 Å². The maximum Gasteiger partial charge on any atom is 0.200 e. The van der Waals surface area contributed by atoms with Crippen molar-refractivity contribution in [2.24, 2.45) is 11.7 Å². The Hall–Kier alpha value is -2.63. The van der Waals surface area contributed by atoms with E-state index < -0.39 is 0 Å². The highest BCUT2D eigenvalue weighted by atomic mass is 16.5. The minimum absolute atomic E-state index is 0.0527. The first-order valence-corrected chi connectivity index (χ1v) is 8.96. The van der Waals surface area contributed by atoms with Gasteiger partial charge in [0.25, 0.3) is 0 Å². The third kappa shape index (κ3) is 3.24. The number of rotatable bonds is 6. The van der Waals surface area contributed by atoms with Gasteiger partial charge in [-0.15, -0.1) is 0 Å². The Morgan fingerprint density at radius 1 is 1.15 bits per heavy atom. The summed E-state index contributed by atoms with van der Waals surface area (Å²) >= 11 is 0. The first-order valence-electron chi connectivity index (χ1n) is 8.96. The molecule has 4 unspecified atom stereocenters. The minimum atomic E-state index is -0.347. The fourth-order valence-electron chi connectivity index (χ4n) is 4.03. The molecule has 1 aromatic carbocycles. The number of ether oxygens (including phenoxy) is 4. The number of hydrogen-bond donors (Lipinski definition) is 3. The molecule has 1 aromatic rings. The molecule has 3 rings (SSSR count). The Bertz CT molecular complexity index is 748. The third-order valence-electron chi connectivity index (χ3n) is 5.22. The van der Waals surface area contributed by atoms with Gasteiger partial charge in [0.2, 0.25) is 5.88 Å². The molecule has 4 N–H and O–H groups in total. The van der Waals surface area contributed by atoms with Crippen molar-refractivity contribution in [2.75, 3.05) is 21.3 Å². The van der Waals surface area contributed by atoms with Crippen LogP contribution in [0.5, 0.6) is 17.2 Å². The fourth-order valence-corrected chi connectivity index (χ4v) is 4.03. The van der Waals surface area contributed by atoms with Gasteiger partial charge in [-0.05, 0) is 6.42 Å². The number of hydrazine groups is 1. The summed E-state index contributed by atoms with van der Waals surface area (Å²) in [5, 5.41) is 9.84. The highest BCUT2D eigenvalue weighted by Crippen LogP contribution is 2.50. The lowest BCUT2D eigenvalue weighted by molar-refractivity contribution is 0.0330. The summed E-state index contributed by atoms with van der Waals surface area (Å²) in [6, 6.07) is 5.93. The van der Waals surface area contributed by atoms with Gasteiger partial charge in [-0.1, -0.05) is 13.3 Å². The van der Waals surface area contributed by atoms with E-state index in [1.54, 1.807) is 33.5 Å². The Morgan fingerprint density at radius 2 is 1.81 bits per heavy atom. The maximum atomic E-state index is 9.84. The van der Waals surface area contributed by atoms with Crippen molar-refractivity contribution in [2.45, 2.75) is 38.0 Å². The Labute approximate surface area is 159 Å². The number of nitrogens with two attached hydrogens (primary N) is 1. The van der Waals surface area contributed by atoms with Crippen molar-refractivity contribution in [3.05, 3.63) is 29.2 Å². The Kier molecular flexibility index (Phi) is 5.63. The van der Waals surface area contributed by atoms with Crippen molar-refractivity contribution in [3.8, 4) is 23.3 Å². The van der Waals surface area contributed by atoms with E-state index >= 15 is 0 Å². The van der Waals surface area contributed by atoms with Crippen LogP contribution in [0.2, 0.25) is 0 Å². The van der Waals surface area contributed by atoms with Gasteiger partial charge in [-0.2, -0.15) is 5.26 Å². The van der Waals surface area contributed by atoms with E-state index in [1.165, 1.54) is 0 Å². The predicted octanol–water partition coefficient (Wildman–Crippen LogP) is 1.74. The number of benzene rings is 1. The molecule has 8 nitrogen and oxygen atoms in total. The van der Waals surface area contributed by atoms with Gasteiger partial charge in [0.1, 0.15) is 23.3 Å². The largest absolute Gasteiger partial charge is 0.496 e. The van der Waals surface area contributed by atoms with Crippen LogP contribution in [0, 0.1) is 17.2 Å². The zero-order valence-corrected chi connectivity index (χ0v) is 16.0. The van der Waals surface area contributed by atoms with Gasteiger partial charge in [0.05, 0.1) is 26.9 Å². The SMILES string of the molecule is CCCC1NNC2OC(N)=C(C#N)C(c3c(OC)cc(OC)cc3OC)C12. The molecular weight excluding hydrogens is 348 g/mol. The van der Waals surface area contributed by atoms with Crippen molar-refractivity contribution >= 4 is 0 Å². The third-order valence-corrected chi connectivity index (χ3v) is 5.22. The van der Waals surface area contributed by atoms with Gasteiger partial charge in [-0.25, -0.2) is 5.43 Å². The van der Waals surface area contributed by atoms with E-state index in [2.05, 4.69) is 23.8 Å². The van der Waals surface area contributed by atoms with Gasteiger partial charge in [0, 0.05) is 35.6 Å². The highest BCUT2D eigenvalue weighted by molar-refractivity contribution is 5.57. The van der Waals surface area contributed by atoms with Gasteiger partial charge < -0.3 is 24.7 Å². The average Bonchev–Trinajstić information content (AvgIpc) is 3.08. The molecule has 8 heteroatoms. The first-order chi connectivity index (χ1) is 13.1. The number of nitriles is 1. The number of methoxy groups -OCH3 is 3. The van der Waals surface area contributed by atoms with E-state index in [4.69, 9.17) is 24.7 Å². The molecule has 0 amide bonds. The Morgan fingerprint density at radius 3 is 2.33 bits per heavy atom. The lowest BCUT2D eigenvalue weighted by Crippen LogP contribution is -2.41. The van der Waals surface area contributed by atoms with Crippen LogP contribution < -0.4 is 30.8 Å². The molecule has 0 spiro atoms. The number of hydrogen-bond acceptors (Lipinski definition) is 8. The number of allylic oxidation sites excluding steroid dienone is 1. The molecule has 2 aliphatic rings. The van der Waals surface area contributed by atoms with E-state index in [-0.39, 0.29) is 30.0 Å². The quantitative estimate of drug-likeness (QED) is 0.690. The van der Waals surface area contributed by atoms with E-state index in [1.807, 2.05) is 0 Å². The van der Waals surface area contributed by atoms with Crippen LogP contribution in [-0.4, -0.2) is 33.6 Å². The van der Waals surface area contributed by atoms with Crippen LogP contribution in [0.25, 0.3) is 0 Å². The molecule has 0 bridgehead atoms. The zero-order valence-electron chi connectivity index (χ0n) is 16.0. The second-order valence-corrected chi connectivity index (χ2v) is 6.61. The fraction of sp³-hybridized carbons (Fsp3) is 0.526. The molecule has 4 atom stereocenters. The summed E-state index contributed by atoms with van der Waals surface area (Å²) in [5.74, 6) is 1.50. The number of nitrogens with one attached hydrogen (secondary N) is 2. The molecule has 27 heavy (non-hydrogen) atoms. The van der Waals surface area contributed by atoms with Crippen molar-refractivity contribution in [1.82, 2.24) is 10.9 Å². The van der Waals surface area contributed by atoms with E-state index in [0.717, 1.165) is 18.4 Å². The Balaban J connectivity index is 2.21. The highest BCUT2D eigenvalue weighted by Gasteiger charge is 2.50. The van der Waals surface area contributed by atoms with Crippen molar-refractivity contribution in [1.29, 1.82) is 5.26 Å². The summed E-state index contributed by atoms with van der Waals surface area (Å²) < 4.78 is 22.4. The summed E-state index contributed by atoms with van der Waals surface area (Å²) in [6.07, 6.45) is 1.57. The molecular formula is C19H26N4O4. The topological polar surface area (TPSA) is 111 Å².